The molecule has 2 N–H and O–H groups in total. The van der Waals surface area contributed by atoms with E-state index in [9.17, 15) is 0 Å². The third-order valence-electron chi connectivity index (χ3n) is 4.53. The van der Waals surface area contributed by atoms with Gasteiger partial charge in [-0.1, -0.05) is 23.7 Å². The fraction of sp³-hybridized carbons (Fsp3) is 0.500. The Bertz CT molecular complexity index is 642. The van der Waals surface area contributed by atoms with Gasteiger partial charge < -0.3 is 10.3 Å². The minimum atomic E-state index is 0.0990. The van der Waals surface area contributed by atoms with E-state index in [1.54, 1.807) is 0 Å². The highest BCUT2D eigenvalue weighted by Crippen LogP contribution is 2.34. The fourth-order valence-corrected chi connectivity index (χ4v) is 2.96. The van der Waals surface area contributed by atoms with Crippen molar-refractivity contribution in [3.05, 3.63) is 35.2 Å². The molecule has 1 aromatic carbocycles. The van der Waals surface area contributed by atoms with Crippen LogP contribution in [0.1, 0.15) is 32.2 Å². The van der Waals surface area contributed by atoms with E-state index < -0.39 is 0 Å². The highest BCUT2D eigenvalue weighted by atomic mass is 35.5. The first-order valence-electron chi connectivity index (χ1n) is 7.54. The van der Waals surface area contributed by atoms with Gasteiger partial charge in [0.2, 0.25) is 11.7 Å². The van der Waals surface area contributed by atoms with Crippen LogP contribution in [0.15, 0.2) is 28.8 Å². The zero-order valence-electron chi connectivity index (χ0n) is 12.9. The van der Waals surface area contributed by atoms with Gasteiger partial charge >= 0.3 is 0 Å². The van der Waals surface area contributed by atoms with Crippen LogP contribution in [0.3, 0.4) is 0 Å². The molecule has 118 valence electrons. The van der Waals surface area contributed by atoms with Gasteiger partial charge in [0, 0.05) is 17.1 Å². The maximum Gasteiger partial charge on any atom is 0.244 e. The van der Waals surface area contributed by atoms with Crippen LogP contribution in [-0.4, -0.2) is 34.7 Å². The second kappa shape index (κ2) is 5.99. The van der Waals surface area contributed by atoms with Crippen molar-refractivity contribution in [1.29, 1.82) is 0 Å². The van der Waals surface area contributed by atoms with E-state index in [2.05, 4.69) is 28.9 Å². The van der Waals surface area contributed by atoms with Crippen molar-refractivity contribution in [3.8, 4) is 11.4 Å². The Morgan fingerprint density at radius 1 is 1.41 bits per heavy atom. The largest absolute Gasteiger partial charge is 0.337 e. The van der Waals surface area contributed by atoms with E-state index in [0.29, 0.717) is 23.3 Å². The third kappa shape index (κ3) is 3.02. The second-order valence-corrected chi connectivity index (χ2v) is 6.81. The fourth-order valence-electron chi connectivity index (χ4n) is 2.84. The molecule has 2 heterocycles. The van der Waals surface area contributed by atoms with Gasteiger partial charge in [-0.25, -0.2) is 0 Å². The summed E-state index contributed by atoms with van der Waals surface area (Å²) in [6, 6.07) is 7.53. The minimum Gasteiger partial charge on any atom is -0.337 e. The standard InChI is InChI=1S/C16H21ClN4O/c1-11(21-8-7-16(2,9-18)10-21)15-19-14(20-22-15)12-3-5-13(17)6-4-12/h3-6,11H,7-10,18H2,1-2H3. The summed E-state index contributed by atoms with van der Waals surface area (Å²) in [5.41, 5.74) is 6.96. The van der Waals surface area contributed by atoms with Crippen LogP contribution in [0, 0.1) is 5.41 Å². The summed E-state index contributed by atoms with van der Waals surface area (Å²) in [5, 5.41) is 4.78. The molecule has 0 bridgehead atoms. The molecule has 5 nitrogen and oxygen atoms in total. The van der Waals surface area contributed by atoms with E-state index in [-0.39, 0.29) is 11.5 Å². The van der Waals surface area contributed by atoms with Gasteiger partial charge in [-0.3, -0.25) is 4.90 Å². The Hall–Kier alpha value is -1.43. The summed E-state index contributed by atoms with van der Waals surface area (Å²) in [5.74, 6) is 1.24. The summed E-state index contributed by atoms with van der Waals surface area (Å²) in [6.45, 7) is 7.00. The minimum absolute atomic E-state index is 0.0990. The highest BCUT2D eigenvalue weighted by molar-refractivity contribution is 6.30. The van der Waals surface area contributed by atoms with Crippen LogP contribution < -0.4 is 5.73 Å². The van der Waals surface area contributed by atoms with E-state index >= 15 is 0 Å². The van der Waals surface area contributed by atoms with E-state index in [4.69, 9.17) is 21.9 Å². The zero-order valence-corrected chi connectivity index (χ0v) is 13.7. The summed E-state index contributed by atoms with van der Waals surface area (Å²) in [7, 11) is 0. The lowest BCUT2D eigenvalue weighted by atomic mass is 9.90. The van der Waals surface area contributed by atoms with Crippen LogP contribution >= 0.6 is 11.6 Å². The van der Waals surface area contributed by atoms with Gasteiger partial charge in [-0.15, -0.1) is 0 Å². The first kappa shape index (κ1) is 15.5. The van der Waals surface area contributed by atoms with Gasteiger partial charge in [0.05, 0.1) is 6.04 Å². The highest BCUT2D eigenvalue weighted by Gasteiger charge is 2.36. The number of hydrogen-bond donors (Lipinski definition) is 1. The number of nitrogens with two attached hydrogens (primary N) is 1. The van der Waals surface area contributed by atoms with Crippen molar-refractivity contribution >= 4 is 11.6 Å². The van der Waals surface area contributed by atoms with Crippen LogP contribution in [0.2, 0.25) is 5.02 Å². The molecule has 1 aliphatic rings. The first-order chi connectivity index (χ1) is 10.5. The molecule has 0 amide bonds. The first-order valence-corrected chi connectivity index (χ1v) is 7.92. The smallest absolute Gasteiger partial charge is 0.244 e. The van der Waals surface area contributed by atoms with Crippen LogP contribution in [0.4, 0.5) is 0 Å². The predicted octanol–water partition coefficient (Wildman–Crippen LogP) is 3.12. The molecule has 0 saturated carbocycles. The van der Waals surface area contributed by atoms with Crippen LogP contribution in [0.5, 0.6) is 0 Å². The number of benzene rings is 1. The number of likely N-dealkylation sites (tertiary alicyclic amines) is 1. The van der Waals surface area contributed by atoms with Gasteiger partial charge in [-0.2, -0.15) is 4.98 Å². The average molecular weight is 321 g/mol. The monoisotopic (exact) mass is 320 g/mol. The molecule has 0 radical (unpaired) electrons. The maximum atomic E-state index is 5.90. The van der Waals surface area contributed by atoms with E-state index in [1.807, 2.05) is 24.3 Å². The summed E-state index contributed by atoms with van der Waals surface area (Å²) >= 11 is 5.90. The van der Waals surface area contributed by atoms with Crippen LogP contribution in [-0.2, 0) is 0 Å². The molecule has 2 atom stereocenters. The normalized spacial score (nSPS) is 23.8. The molecule has 1 aliphatic heterocycles. The van der Waals surface area contributed by atoms with Gasteiger partial charge in [0.15, 0.2) is 0 Å². The van der Waals surface area contributed by atoms with Crippen molar-refractivity contribution < 1.29 is 4.52 Å². The molecular formula is C16H21ClN4O. The molecule has 0 spiro atoms. The van der Waals surface area contributed by atoms with Gasteiger partial charge in [0.25, 0.3) is 0 Å². The maximum absolute atomic E-state index is 5.90. The Labute approximate surface area is 135 Å². The SMILES string of the molecule is CC(c1nc(-c2ccc(Cl)cc2)no1)N1CCC(C)(CN)C1. The molecule has 1 saturated heterocycles. The van der Waals surface area contributed by atoms with Crippen LogP contribution in [0.25, 0.3) is 11.4 Å². The molecule has 1 fully saturated rings. The van der Waals surface area contributed by atoms with Crippen molar-refractivity contribution in [3.63, 3.8) is 0 Å². The number of hydrogen-bond acceptors (Lipinski definition) is 5. The molecule has 0 aliphatic carbocycles. The van der Waals surface area contributed by atoms with Crippen molar-refractivity contribution in [2.24, 2.45) is 11.1 Å². The van der Waals surface area contributed by atoms with Crippen molar-refractivity contribution in [1.82, 2.24) is 15.0 Å². The molecule has 22 heavy (non-hydrogen) atoms. The molecule has 2 aromatic rings. The van der Waals surface area contributed by atoms with E-state index in [0.717, 1.165) is 25.1 Å². The number of halogens is 1. The summed E-state index contributed by atoms with van der Waals surface area (Å²) in [6.07, 6.45) is 1.10. The molecular weight excluding hydrogens is 300 g/mol. The Kier molecular flexibility index (Phi) is 4.21. The Morgan fingerprint density at radius 3 is 2.77 bits per heavy atom. The zero-order chi connectivity index (χ0) is 15.7. The Balaban J connectivity index is 1.75. The van der Waals surface area contributed by atoms with Crippen molar-refractivity contribution in [2.45, 2.75) is 26.3 Å². The number of aromatic nitrogens is 2. The predicted molar refractivity (Wildman–Crippen MR) is 86.5 cm³/mol. The molecule has 6 heteroatoms. The average Bonchev–Trinajstić information content (AvgIpc) is 3.15. The number of nitrogens with zero attached hydrogens (tertiary/aromatic N) is 3. The third-order valence-corrected chi connectivity index (χ3v) is 4.78. The summed E-state index contributed by atoms with van der Waals surface area (Å²) in [4.78, 5) is 6.89. The topological polar surface area (TPSA) is 68.2 Å². The van der Waals surface area contributed by atoms with Crippen molar-refractivity contribution in [2.75, 3.05) is 19.6 Å². The molecule has 1 aromatic heterocycles. The second-order valence-electron chi connectivity index (χ2n) is 6.37. The van der Waals surface area contributed by atoms with Gasteiger partial charge in [0.1, 0.15) is 0 Å². The lowest BCUT2D eigenvalue weighted by molar-refractivity contribution is 0.188. The lowest BCUT2D eigenvalue weighted by Crippen LogP contribution is -2.32. The molecule has 2 unspecified atom stereocenters. The Morgan fingerprint density at radius 2 is 2.14 bits per heavy atom. The number of rotatable bonds is 4. The summed E-state index contributed by atoms with van der Waals surface area (Å²) < 4.78 is 5.46. The van der Waals surface area contributed by atoms with Gasteiger partial charge in [-0.05, 0) is 56.1 Å². The molecule has 3 rings (SSSR count). The lowest BCUT2D eigenvalue weighted by Gasteiger charge is -2.25. The van der Waals surface area contributed by atoms with E-state index in [1.165, 1.54) is 0 Å². The quantitative estimate of drug-likeness (QED) is 0.937.